The Morgan fingerprint density at radius 2 is 2.11 bits per heavy atom. The van der Waals surface area contributed by atoms with Gasteiger partial charge in [0.05, 0.1) is 9.95 Å². The van der Waals surface area contributed by atoms with E-state index in [1.165, 1.54) is 18.2 Å². The molecule has 0 saturated heterocycles. The number of non-ortho nitro benzene ring substituents is 1. The zero-order valence-electron chi connectivity index (χ0n) is 9.54. The predicted octanol–water partition coefficient (Wildman–Crippen LogP) is 4.06. The molecule has 0 aliphatic carbocycles. The van der Waals surface area contributed by atoms with E-state index in [0.717, 1.165) is 5.39 Å². The number of nitro groups is 1. The molecule has 94 valence electrons. The van der Waals surface area contributed by atoms with Gasteiger partial charge >= 0.3 is 0 Å². The van der Waals surface area contributed by atoms with E-state index < -0.39 is 4.92 Å². The summed E-state index contributed by atoms with van der Waals surface area (Å²) >= 11 is 6.06. The molecule has 3 aromatic rings. The Hall–Kier alpha value is -2.40. The van der Waals surface area contributed by atoms with Crippen LogP contribution in [0.1, 0.15) is 0 Å². The molecule has 5 nitrogen and oxygen atoms in total. The molecular weight excluding hydrogens is 268 g/mol. The highest BCUT2D eigenvalue weighted by atomic mass is 35.5. The first kappa shape index (κ1) is 11.7. The van der Waals surface area contributed by atoms with Crippen molar-refractivity contribution in [1.82, 2.24) is 4.98 Å². The summed E-state index contributed by atoms with van der Waals surface area (Å²) in [6.07, 6.45) is 3.28. The Morgan fingerprint density at radius 3 is 2.84 bits per heavy atom. The smallest absolute Gasteiger partial charge is 0.270 e. The van der Waals surface area contributed by atoms with Gasteiger partial charge in [-0.3, -0.25) is 15.1 Å². The van der Waals surface area contributed by atoms with Crippen LogP contribution in [0.3, 0.4) is 0 Å². The number of hydrogen-bond acceptors (Lipinski definition) is 4. The molecule has 0 spiro atoms. The first-order valence-electron chi connectivity index (χ1n) is 5.43. The molecule has 0 aliphatic rings. The number of nitrogens with zero attached hydrogens (tertiary/aromatic N) is 2. The molecule has 2 heterocycles. The lowest BCUT2D eigenvalue weighted by Gasteiger charge is -2.00. The van der Waals surface area contributed by atoms with Crippen molar-refractivity contribution in [2.75, 3.05) is 0 Å². The first-order chi connectivity index (χ1) is 9.15. The average Bonchev–Trinajstić information content (AvgIpc) is 2.82. The van der Waals surface area contributed by atoms with Crippen molar-refractivity contribution in [3.63, 3.8) is 0 Å². The zero-order chi connectivity index (χ0) is 13.4. The average molecular weight is 275 g/mol. The van der Waals surface area contributed by atoms with E-state index in [9.17, 15) is 10.1 Å². The predicted molar refractivity (Wildman–Crippen MR) is 71.1 cm³/mol. The van der Waals surface area contributed by atoms with Gasteiger partial charge in [0.25, 0.3) is 5.69 Å². The van der Waals surface area contributed by atoms with Crippen LogP contribution in [0.4, 0.5) is 5.69 Å². The third-order valence-electron chi connectivity index (χ3n) is 2.74. The first-order valence-corrected chi connectivity index (χ1v) is 5.81. The minimum absolute atomic E-state index is 0.0296. The summed E-state index contributed by atoms with van der Waals surface area (Å²) in [6, 6.07) is 7.72. The van der Waals surface area contributed by atoms with E-state index in [-0.39, 0.29) is 5.69 Å². The van der Waals surface area contributed by atoms with Gasteiger partial charge < -0.3 is 4.42 Å². The van der Waals surface area contributed by atoms with E-state index in [1.807, 2.05) is 0 Å². The number of nitro benzene ring substituents is 1. The Labute approximate surface area is 112 Å². The maximum absolute atomic E-state index is 10.8. The summed E-state index contributed by atoms with van der Waals surface area (Å²) in [5, 5.41) is 12.0. The second kappa shape index (κ2) is 4.37. The zero-order valence-corrected chi connectivity index (χ0v) is 10.3. The van der Waals surface area contributed by atoms with Crippen molar-refractivity contribution < 1.29 is 9.34 Å². The summed E-state index contributed by atoms with van der Waals surface area (Å²) < 4.78 is 5.62. The molecule has 0 radical (unpaired) electrons. The number of hydrogen-bond donors (Lipinski definition) is 0. The van der Waals surface area contributed by atoms with Gasteiger partial charge in [0.2, 0.25) is 0 Å². The monoisotopic (exact) mass is 274 g/mol. The topological polar surface area (TPSA) is 69.2 Å². The van der Waals surface area contributed by atoms with Crippen molar-refractivity contribution >= 4 is 28.3 Å². The lowest BCUT2D eigenvalue weighted by molar-refractivity contribution is -0.384. The Morgan fingerprint density at radius 1 is 1.26 bits per heavy atom. The van der Waals surface area contributed by atoms with Gasteiger partial charge in [-0.05, 0) is 18.2 Å². The standard InChI is InChI=1S/C13H7ClN2O3/c14-11-2-1-9(16(17)18)6-10(11)13-5-8-7-15-4-3-12(8)19-13/h1-7H. The maximum Gasteiger partial charge on any atom is 0.270 e. The minimum atomic E-state index is -0.468. The molecular formula is C13H7ClN2O3. The molecule has 6 heteroatoms. The van der Waals surface area contributed by atoms with Gasteiger partial charge in [0.15, 0.2) is 0 Å². The number of benzene rings is 1. The van der Waals surface area contributed by atoms with E-state index in [4.69, 9.17) is 16.0 Å². The molecule has 0 fully saturated rings. The molecule has 0 N–H and O–H groups in total. The number of rotatable bonds is 2. The van der Waals surface area contributed by atoms with Gasteiger partial charge in [-0.2, -0.15) is 0 Å². The lowest BCUT2D eigenvalue weighted by Crippen LogP contribution is -1.88. The second-order valence-electron chi connectivity index (χ2n) is 3.95. The fraction of sp³-hybridized carbons (Fsp3) is 0. The number of aromatic nitrogens is 1. The van der Waals surface area contributed by atoms with Crippen LogP contribution in [-0.4, -0.2) is 9.91 Å². The minimum Gasteiger partial charge on any atom is -0.456 e. The quantitative estimate of drug-likeness (QED) is 0.522. The van der Waals surface area contributed by atoms with Gasteiger partial charge in [-0.25, -0.2) is 0 Å². The van der Waals surface area contributed by atoms with Gasteiger partial charge in [-0.15, -0.1) is 0 Å². The van der Waals surface area contributed by atoms with Crippen LogP contribution in [-0.2, 0) is 0 Å². The lowest BCUT2D eigenvalue weighted by atomic mass is 10.1. The Bertz CT molecular complexity index is 749. The molecule has 19 heavy (non-hydrogen) atoms. The second-order valence-corrected chi connectivity index (χ2v) is 4.35. The van der Waals surface area contributed by atoms with Crippen LogP contribution in [0.25, 0.3) is 22.3 Å². The summed E-state index contributed by atoms with van der Waals surface area (Å²) in [5.74, 6) is 0.483. The molecule has 0 unspecified atom stereocenters. The molecule has 0 amide bonds. The molecule has 0 saturated carbocycles. The number of halogens is 1. The van der Waals surface area contributed by atoms with E-state index in [0.29, 0.717) is 21.9 Å². The summed E-state index contributed by atoms with van der Waals surface area (Å²) in [5.41, 5.74) is 1.12. The molecule has 0 aliphatic heterocycles. The van der Waals surface area contributed by atoms with Crippen molar-refractivity contribution in [2.24, 2.45) is 0 Å². The third kappa shape index (κ3) is 2.04. The van der Waals surface area contributed by atoms with E-state index in [2.05, 4.69) is 4.98 Å². The number of furan rings is 1. The van der Waals surface area contributed by atoms with Gasteiger partial charge in [0, 0.05) is 35.5 Å². The highest BCUT2D eigenvalue weighted by Crippen LogP contribution is 2.34. The summed E-state index contributed by atoms with van der Waals surface area (Å²) in [6.45, 7) is 0. The van der Waals surface area contributed by atoms with Crippen LogP contribution in [0.5, 0.6) is 0 Å². The molecule has 0 bridgehead atoms. The number of pyridine rings is 1. The number of fused-ring (bicyclic) bond motifs is 1. The van der Waals surface area contributed by atoms with Crippen molar-refractivity contribution in [3.05, 3.63) is 57.9 Å². The summed E-state index contributed by atoms with van der Waals surface area (Å²) in [7, 11) is 0. The van der Waals surface area contributed by atoms with Crippen LogP contribution in [0, 0.1) is 10.1 Å². The highest BCUT2D eigenvalue weighted by Gasteiger charge is 2.14. The fourth-order valence-corrected chi connectivity index (χ4v) is 2.04. The van der Waals surface area contributed by atoms with Crippen LogP contribution in [0.15, 0.2) is 47.1 Å². The Balaban J connectivity index is 2.20. The molecule has 1 aromatic carbocycles. The molecule has 2 aromatic heterocycles. The van der Waals surface area contributed by atoms with Gasteiger partial charge in [-0.1, -0.05) is 11.6 Å². The van der Waals surface area contributed by atoms with Crippen LogP contribution >= 0.6 is 11.6 Å². The normalized spacial score (nSPS) is 10.8. The van der Waals surface area contributed by atoms with Crippen molar-refractivity contribution in [1.29, 1.82) is 0 Å². The van der Waals surface area contributed by atoms with Gasteiger partial charge in [0.1, 0.15) is 11.3 Å². The van der Waals surface area contributed by atoms with Crippen LogP contribution < -0.4 is 0 Å². The third-order valence-corrected chi connectivity index (χ3v) is 3.07. The SMILES string of the molecule is O=[N+]([O-])c1ccc(Cl)c(-c2cc3cnccc3o2)c1. The van der Waals surface area contributed by atoms with Crippen LogP contribution in [0.2, 0.25) is 5.02 Å². The maximum atomic E-state index is 10.8. The summed E-state index contributed by atoms with van der Waals surface area (Å²) in [4.78, 5) is 14.3. The van der Waals surface area contributed by atoms with Crippen molar-refractivity contribution in [3.8, 4) is 11.3 Å². The van der Waals surface area contributed by atoms with E-state index >= 15 is 0 Å². The molecule has 3 rings (SSSR count). The fourth-order valence-electron chi connectivity index (χ4n) is 1.83. The van der Waals surface area contributed by atoms with Crippen molar-refractivity contribution in [2.45, 2.75) is 0 Å². The molecule has 0 atom stereocenters. The largest absolute Gasteiger partial charge is 0.456 e. The highest BCUT2D eigenvalue weighted by molar-refractivity contribution is 6.33. The van der Waals surface area contributed by atoms with E-state index in [1.54, 1.807) is 24.5 Å². The Kier molecular flexibility index (Phi) is 2.68.